The largest absolute Gasteiger partial charge is 0.497 e. The molecule has 0 aromatic heterocycles. The lowest BCUT2D eigenvalue weighted by Crippen LogP contribution is -2.11. The fourth-order valence-electron chi connectivity index (χ4n) is 1.42. The second kappa shape index (κ2) is 6.00. The number of ether oxygens (including phenoxy) is 2. The third-order valence-electron chi connectivity index (χ3n) is 2.21. The number of primary amides is 1. The van der Waals surface area contributed by atoms with E-state index in [4.69, 9.17) is 15.2 Å². The van der Waals surface area contributed by atoms with Gasteiger partial charge in [-0.05, 0) is 25.0 Å². The monoisotopic (exact) mass is 223 g/mol. The molecule has 0 spiro atoms. The summed E-state index contributed by atoms with van der Waals surface area (Å²) in [6.07, 6.45) is 0.918. The zero-order valence-electron chi connectivity index (χ0n) is 9.66. The Morgan fingerprint density at radius 3 is 2.75 bits per heavy atom. The highest BCUT2D eigenvalue weighted by Gasteiger charge is 2.06. The molecule has 0 saturated heterocycles. The fourth-order valence-corrected chi connectivity index (χ4v) is 1.42. The van der Waals surface area contributed by atoms with Gasteiger partial charge in [-0.1, -0.05) is 6.07 Å². The summed E-state index contributed by atoms with van der Waals surface area (Å²) in [5.41, 5.74) is 6.09. The number of aryl methyl sites for hydroxylation is 1. The van der Waals surface area contributed by atoms with Gasteiger partial charge in [-0.2, -0.15) is 0 Å². The van der Waals surface area contributed by atoms with Gasteiger partial charge in [-0.15, -0.1) is 0 Å². The first-order valence-corrected chi connectivity index (χ1v) is 5.25. The van der Waals surface area contributed by atoms with Gasteiger partial charge in [0, 0.05) is 12.5 Å². The molecule has 1 aromatic rings. The number of amides is 1. The van der Waals surface area contributed by atoms with E-state index in [0.29, 0.717) is 19.4 Å². The van der Waals surface area contributed by atoms with Gasteiger partial charge in [0.15, 0.2) is 0 Å². The first-order valence-electron chi connectivity index (χ1n) is 5.25. The van der Waals surface area contributed by atoms with Crippen LogP contribution in [0.15, 0.2) is 18.2 Å². The summed E-state index contributed by atoms with van der Waals surface area (Å²) in [6.45, 7) is 2.49. The van der Waals surface area contributed by atoms with Crippen molar-refractivity contribution in [3.63, 3.8) is 0 Å². The molecule has 16 heavy (non-hydrogen) atoms. The molecule has 88 valence electrons. The maximum absolute atomic E-state index is 10.7. The van der Waals surface area contributed by atoms with E-state index in [-0.39, 0.29) is 5.91 Å². The highest BCUT2D eigenvalue weighted by atomic mass is 16.5. The minimum atomic E-state index is -0.307. The van der Waals surface area contributed by atoms with Gasteiger partial charge >= 0.3 is 0 Å². The van der Waals surface area contributed by atoms with Crippen molar-refractivity contribution >= 4 is 5.91 Å². The topological polar surface area (TPSA) is 61.6 Å². The van der Waals surface area contributed by atoms with E-state index in [0.717, 1.165) is 17.1 Å². The van der Waals surface area contributed by atoms with Crippen molar-refractivity contribution in [1.29, 1.82) is 0 Å². The van der Waals surface area contributed by atoms with E-state index in [9.17, 15) is 4.79 Å². The van der Waals surface area contributed by atoms with Gasteiger partial charge in [0.25, 0.3) is 0 Å². The molecule has 0 fully saturated rings. The van der Waals surface area contributed by atoms with E-state index in [2.05, 4.69) is 0 Å². The molecule has 0 aliphatic rings. The first kappa shape index (κ1) is 12.4. The Hall–Kier alpha value is -1.71. The SMILES string of the molecule is CCOc1cc(OC)ccc1CCC(N)=O. The second-order valence-corrected chi connectivity index (χ2v) is 3.37. The normalized spacial score (nSPS) is 9.88. The van der Waals surface area contributed by atoms with Crippen LogP contribution < -0.4 is 15.2 Å². The van der Waals surface area contributed by atoms with E-state index >= 15 is 0 Å². The lowest BCUT2D eigenvalue weighted by Gasteiger charge is -2.11. The number of hydrogen-bond donors (Lipinski definition) is 1. The van der Waals surface area contributed by atoms with E-state index in [1.54, 1.807) is 7.11 Å². The third-order valence-corrected chi connectivity index (χ3v) is 2.21. The molecule has 0 unspecified atom stereocenters. The predicted molar refractivity (Wildman–Crippen MR) is 61.7 cm³/mol. The van der Waals surface area contributed by atoms with Crippen LogP contribution in [0.5, 0.6) is 11.5 Å². The summed E-state index contributed by atoms with van der Waals surface area (Å²) in [6, 6.07) is 5.56. The molecular weight excluding hydrogens is 206 g/mol. The van der Waals surface area contributed by atoms with Crippen LogP contribution in [-0.4, -0.2) is 19.6 Å². The van der Waals surface area contributed by atoms with Crippen LogP contribution in [0, 0.1) is 0 Å². The molecule has 0 bridgehead atoms. The summed E-state index contributed by atoms with van der Waals surface area (Å²) in [5, 5.41) is 0. The molecule has 0 atom stereocenters. The number of methoxy groups -OCH3 is 1. The second-order valence-electron chi connectivity index (χ2n) is 3.37. The summed E-state index contributed by atoms with van der Waals surface area (Å²) in [4.78, 5) is 10.7. The van der Waals surface area contributed by atoms with Crippen LogP contribution in [0.25, 0.3) is 0 Å². The Morgan fingerprint density at radius 1 is 1.44 bits per heavy atom. The Morgan fingerprint density at radius 2 is 2.19 bits per heavy atom. The quantitative estimate of drug-likeness (QED) is 0.795. The summed E-state index contributed by atoms with van der Waals surface area (Å²) < 4.78 is 10.6. The molecule has 2 N–H and O–H groups in total. The molecular formula is C12H17NO3. The lowest BCUT2D eigenvalue weighted by atomic mass is 10.1. The Bertz CT molecular complexity index is 363. The Balaban J connectivity index is 2.84. The van der Waals surface area contributed by atoms with Gasteiger partial charge in [0.2, 0.25) is 5.91 Å². The van der Waals surface area contributed by atoms with Gasteiger partial charge in [0.05, 0.1) is 13.7 Å². The molecule has 4 heteroatoms. The predicted octanol–water partition coefficient (Wildman–Crippen LogP) is 1.51. The highest BCUT2D eigenvalue weighted by Crippen LogP contribution is 2.25. The van der Waals surface area contributed by atoms with Crippen molar-refractivity contribution in [3.05, 3.63) is 23.8 Å². The van der Waals surface area contributed by atoms with Crippen LogP contribution in [0.4, 0.5) is 0 Å². The number of rotatable bonds is 6. The molecule has 0 aliphatic heterocycles. The van der Waals surface area contributed by atoms with Crippen molar-refractivity contribution in [3.8, 4) is 11.5 Å². The first-order chi connectivity index (χ1) is 7.67. The smallest absolute Gasteiger partial charge is 0.217 e. The van der Waals surface area contributed by atoms with Crippen molar-refractivity contribution in [2.45, 2.75) is 19.8 Å². The van der Waals surface area contributed by atoms with Gasteiger partial charge in [0.1, 0.15) is 11.5 Å². The lowest BCUT2D eigenvalue weighted by molar-refractivity contribution is -0.117. The zero-order valence-corrected chi connectivity index (χ0v) is 9.66. The Kier molecular flexibility index (Phi) is 4.64. The minimum Gasteiger partial charge on any atom is -0.497 e. The molecule has 1 rings (SSSR count). The van der Waals surface area contributed by atoms with Crippen LogP contribution in [0.1, 0.15) is 18.9 Å². The molecule has 0 saturated carbocycles. The molecule has 1 aromatic carbocycles. The number of carbonyl (C=O) groups is 1. The average molecular weight is 223 g/mol. The van der Waals surface area contributed by atoms with Gasteiger partial charge in [-0.3, -0.25) is 4.79 Å². The molecule has 0 heterocycles. The van der Waals surface area contributed by atoms with Crippen molar-refractivity contribution < 1.29 is 14.3 Å². The number of nitrogens with two attached hydrogens (primary N) is 1. The van der Waals surface area contributed by atoms with Gasteiger partial charge in [-0.25, -0.2) is 0 Å². The van der Waals surface area contributed by atoms with Crippen LogP contribution >= 0.6 is 0 Å². The summed E-state index contributed by atoms with van der Waals surface area (Å²) >= 11 is 0. The molecule has 1 amide bonds. The van der Waals surface area contributed by atoms with Gasteiger partial charge < -0.3 is 15.2 Å². The maximum Gasteiger partial charge on any atom is 0.217 e. The molecule has 0 aliphatic carbocycles. The number of benzene rings is 1. The Labute approximate surface area is 95.3 Å². The molecule has 4 nitrogen and oxygen atoms in total. The number of hydrogen-bond acceptors (Lipinski definition) is 3. The van der Waals surface area contributed by atoms with E-state index < -0.39 is 0 Å². The van der Waals surface area contributed by atoms with Crippen molar-refractivity contribution in [2.24, 2.45) is 5.73 Å². The van der Waals surface area contributed by atoms with Crippen molar-refractivity contribution in [1.82, 2.24) is 0 Å². The summed E-state index contributed by atoms with van der Waals surface area (Å²) in [5.74, 6) is 1.19. The van der Waals surface area contributed by atoms with Crippen LogP contribution in [0.3, 0.4) is 0 Å². The minimum absolute atomic E-state index is 0.307. The molecule has 0 radical (unpaired) electrons. The van der Waals surface area contributed by atoms with E-state index in [1.807, 2.05) is 25.1 Å². The van der Waals surface area contributed by atoms with E-state index in [1.165, 1.54) is 0 Å². The maximum atomic E-state index is 10.7. The fraction of sp³-hybridized carbons (Fsp3) is 0.417. The van der Waals surface area contributed by atoms with Crippen molar-refractivity contribution in [2.75, 3.05) is 13.7 Å². The van der Waals surface area contributed by atoms with Crippen LogP contribution in [0.2, 0.25) is 0 Å². The highest BCUT2D eigenvalue weighted by molar-refractivity contribution is 5.74. The standard InChI is InChI=1S/C12H17NO3/c1-3-16-11-8-10(15-2)6-4-9(11)5-7-12(13)14/h4,6,8H,3,5,7H2,1-2H3,(H2,13,14). The zero-order chi connectivity index (χ0) is 12.0. The average Bonchev–Trinajstić information content (AvgIpc) is 2.27. The third kappa shape index (κ3) is 3.46. The summed E-state index contributed by atoms with van der Waals surface area (Å²) in [7, 11) is 1.61. The number of carbonyl (C=O) groups excluding carboxylic acids is 1. The van der Waals surface area contributed by atoms with Crippen LogP contribution in [-0.2, 0) is 11.2 Å².